The Bertz CT molecular complexity index is 872. The average Bonchev–Trinajstić information content (AvgIpc) is 3.20. The Kier molecular flexibility index (Phi) is 44.8. The van der Waals surface area contributed by atoms with E-state index in [0.717, 1.165) is 90.0 Å². The highest BCUT2D eigenvalue weighted by Crippen LogP contribution is 2.19. The molecule has 7 heteroatoms. The van der Waals surface area contributed by atoms with Crippen LogP contribution < -0.4 is 5.32 Å². The van der Waals surface area contributed by atoms with E-state index < -0.39 is 0 Å². The maximum absolute atomic E-state index is 12.5. The van der Waals surface area contributed by atoms with E-state index in [1.807, 2.05) is 7.05 Å². The summed E-state index contributed by atoms with van der Waals surface area (Å²) in [5.74, 6) is -0.0813. The van der Waals surface area contributed by atoms with Crippen LogP contribution in [0.3, 0.4) is 0 Å². The Morgan fingerprint density at radius 1 is 0.421 bits per heavy atom. The van der Waals surface area contributed by atoms with Gasteiger partial charge in [-0.25, -0.2) is 0 Å². The van der Waals surface area contributed by atoms with Gasteiger partial charge in [0.15, 0.2) is 0 Å². The first kappa shape index (κ1) is 54.9. The first-order chi connectivity index (χ1) is 28.0. The predicted octanol–water partition coefficient (Wildman–Crippen LogP) is 14.4. The number of carbonyl (C=O) groups excluding carboxylic acids is 3. The van der Waals surface area contributed by atoms with E-state index in [9.17, 15) is 14.4 Å². The van der Waals surface area contributed by atoms with Gasteiger partial charge in [-0.3, -0.25) is 14.4 Å². The number of ether oxygens (including phenoxy) is 3. The van der Waals surface area contributed by atoms with Crippen molar-refractivity contribution in [3.8, 4) is 0 Å². The molecule has 0 heterocycles. The van der Waals surface area contributed by atoms with E-state index in [0.29, 0.717) is 32.5 Å². The van der Waals surface area contributed by atoms with Gasteiger partial charge >= 0.3 is 17.9 Å². The van der Waals surface area contributed by atoms with E-state index in [-0.39, 0.29) is 24.0 Å². The van der Waals surface area contributed by atoms with Crippen molar-refractivity contribution in [3.63, 3.8) is 0 Å². The number of rotatable bonds is 45. The quantitative estimate of drug-likeness (QED) is 0.0284. The average molecular weight is 804 g/mol. The molecule has 0 aliphatic rings. The fraction of sp³-hybridized carbons (Fsp3) is 0.860. The monoisotopic (exact) mass is 804 g/mol. The minimum absolute atomic E-state index is 0.0233. The molecule has 334 valence electrons. The molecule has 0 spiro atoms. The van der Waals surface area contributed by atoms with Crippen LogP contribution in [-0.2, 0) is 28.6 Å². The summed E-state index contributed by atoms with van der Waals surface area (Å²) in [6.07, 6.45) is 49.5. The normalized spacial score (nSPS) is 11.6. The maximum Gasteiger partial charge on any atom is 0.306 e. The number of carbonyl (C=O) groups is 3. The van der Waals surface area contributed by atoms with Crippen LogP contribution >= 0.6 is 0 Å². The number of hydrogen-bond donors (Lipinski definition) is 1. The Balaban J connectivity index is 3.84. The van der Waals surface area contributed by atoms with Gasteiger partial charge in [-0.15, -0.1) is 0 Å². The fourth-order valence-electron chi connectivity index (χ4n) is 7.00. The lowest BCUT2D eigenvalue weighted by Gasteiger charge is -2.18. The summed E-state index contributed by atoms with van der Waals surface area (Å²) in [5.41, 5.74) is 0. The van der Waals surface area contributed by atoms with Gasteiger partial charge in [-0.1, -0.05) is 141 Å². The van der Waals surface area contributed by atoms with Crippen LogP contribution in [0.2, 0.25) is 0 Å². The standard InChI is InChI=1S/C50H93NO6/c1-4-6-45-55-48(52)41-36-32-28-24-20-16-12-8-10-14-18-22-26-30-34-39-47(57-50(54)43-38-44-51-3)40-35-31-27-23-19-15-11-9-13-17-21-25-29-33-37-42-49(53)56-46-7-5-2/h8-9,12-13,47,51H,4-7,10-11,14-46H2,1-3H3/b12-8-,13-9-. The molecule has 0 aromatic rings. The van der Waals surface area contributed by atoms with Gasteiger partial charge in [-0.05, 0) is 123 Å². The van der Waals surface area contributed by atoms with Crippen molar-refractivity contribution in [1.29, 1.82) is 0 Å². The van der Waals surface area contributed by atoms with Crippen LogP contribution in [0.5, 0.6) is 0 Å². The van der Waals surface area contributed by atoms with Crippen LogP contribution in [0.1, 0.15) is 245 Å². The number of unbranched alkanes of at least 4 members (excludes halogenated alkanes) is 24. The summed E-state index contributed by atoms with van der Waals surface area (Å²) in [7, 11) is 1.93. The van der Waals surface area contributed by atoms with Crippen molar-refractivity contribution in [2.45, 2.75) is 251 Å². The largest absolute Gasteiger partial charge is 0.466 e. The van der Waals surface area contributed by atoms with Crippen molar-refractivity contribution in [1.82, 2.24) is 5.32 Å². The Hall–Kier alpha value is -2.15. The molecule has 0 aliphatic heterocycles. The fourth-order valence-corrected chi connectivity index (χ4v) is 7.00. The minimum Gasteiger partial charge on any atom is -0.466 e. The van der Waals surface area contributed by atoms with E-state index in [4.69, 9.17) is 14.2 Å². The second-order valence-electron chi connectivity index (χ2n) is 16.4. The lowest BCUT2D eigenvalue weighted by atomic mass is 10.0. The van der Waals surface area contributed by atoms with Crippen molar-refractivity contribution >= 4 is 17.9 Å². The van der Waals surface area contributed by atoms with E-state index in [1.165, 1.54) is 128 Å². The first-order valence-electron chi connectivity index (χ1n) is 24.5. The Morgan fingerprint density at radius 2 is 0.754 bits per heavy atom. The summed E-state index contributed by atoms with van der Waals surface area (Å²) >= 11 is 0. The van der Waals surface area contributed by atoms with Crippen LogP contribution in [-0.4, -0.2) is 50.8 Å². The zero-order valence-corrected chi connectivity index (χ0v) is 37.9. The highest BCUT2D eigenvalue weighted by molar-refractivity contribution is 5.70. The Labute approximate surface area is 353 Å². The number of esters is 3. The summed E-state index contributed by atoms with van der Waals surface area (Å²) in [6, 6.07) is 0. The van der Waals surface area contributed by atoms with E-state index in [2.05, 4.69) is 43.5 Å². The summed E-state index contributed by atoms with van der Waals surface area (Å²) < 4.78 is 16.4. The maximum atomic E-state index is 12.5. The molecule has 0 saturated heterocycles. The van der Waals surface area contributed by atoms with Crippen LogP contribution in [0.25, 0.3) is 0 Å². The van der Waals surface area contributed by atoms with Crippen molar-refractivity contribution in [3.05, 3.63) is 24.3 Å². The molecule has 0 aliphatic carbocycles. The smallest absolute Gasteiger partial charge is 0.306 e. The number of allylic oxidation sites excluding steroid dienone is 4. The second kappa shape index (κ2) is 46.5. The second-order valence-corrected chi connectivity index (χ2v) is 16.4. The highest BCUT2D eigenvalue weighted by Gasteiger charge is 2.14. The van der Waals surface area contributed by atoms with Crippen LogP contribution in [0, 0.1) is 0 Å². The molecule has 1 N–H and O–H groups in total. The lowest BCUT2D eigenvalue weighted by Crippen LogP contribution is -2.19. The van der Waals surface area contributed by atoms with Gasteiger partial charge in [0.05, 0.1) is 13.2 Å². The molecule has 0 bridgehead atoms. The zero-order chi connectivity index (χ0) is 41.5. The van der Waals surface area contributed by atoms with E-state index >= 15 is 0 Å². The topological polar surface area (TPSA) is 90.9 Å². The third kappa shape index (κ3) is 44.8. The molecule has 0 rings (SSSR count). The van der Waals surface area contributed by atoms with E-state index in [1.54, 1.807) is 0 Å². The number of hydrogen-bond acceptors (Lipinski definition) is 7. The van der Waals surface area contributed by atoms with Gasteiger partial charge in [0.2, 0.25) is 0 Å². The molecule has 0 atom stereocenters. The molecule has 0 aromatic carbocycles. The minimum atomic E-state index is -0.0290. The van der Waals surface area contributed by atoms with Crippen molar-refractivity contribution in [2.24, 2.45) is 0 Å². The van der Waals surface area contributed by atoms with Crippen molar-refractivity contribution < 1.29 is 28.6 Å². The summed E-state index contributed by atoms with van der Waals surface area (Å²) in [4.78, 5) is 35.8. The molecule has 0 unspecified atom stereocenters. The SMILES string of the molecule is CCCCOC(=O)CCCCCCC/C=C\CCCCCCCCC(CCCCCCCC/C=C\CCCCCCCC(=O)OCCCC)OC(=O)CCCNC. The van der Waals surface area contributed by atoms with Crippen molar-refractivity contribution in [2.75, 3.05) is 26.8 Å². The van der Waals surface area contributed by atoms with Gasteiger partial charge < -0.3 is 19.5 Å². The van der Waals surface area contributed by atoms with Crippen LogP contribution in [0.4, 0.5) is 0 Å². The number of nitrogens with one attached hydrogen (secondary N) is 1. The molecule has 0 saturated carbocycles. The van der Waals surface area contributed by atoms with Crippen LogP contribution in [0.15, 0.2) is 24.3 Å². The predicted molar refractivity (Wildman–Crippen MR) is 242 cm³/mol. The Morgan fingerprint density at radius 3 is 1.12 bits per heavy atom. The third-order valence-electron chi connectivity index (χ3n) is 10.8. The zero-order valence-electron chi connectivity index (χ0n) is 37.9. The summed E-state index contributed by atoms with van der Waals surface area (Å²) in [6.45, 7) is 6.23. The third-order valence-corrected chi connectivity index (χ3v) is 10.8. The van der Waals surface area contributed by atoms with Gasteiger partial charge in [0, 0.05) is 19.3 Å². The molecule has 0 aromatic heterocycles. The molecular formula is C50H93NO6. The van der Waals surface area contributed by atoms with Gasteiger partial charge in [0.1, 0.15) is 6.10 Å². The van der Waals surface area contributed by atoms with Gasteiger partial charge in [-0.2, -0.15) is 0 Å². The first-order valence-corrected chi connectivity index (χ1v) is 24.5. The molecule has 0 radical (unpaired) electrons. The molecule has 7 nitrogen and oxygen atoms in total. The molecule has 57 heavy (non-hydrogen) atoms. The molecule has 0 amide bonds. The summed E-state index contributed by atoms with van der Waals surface area (Å²) in [5, 5.41) is 3.13. The molecular weight excluding hydrogens is 711 g/mol. The lowest BCUT2D eigenvalue weighted by molar-refractivity contribution is -0.150. The van der Waals surface area contributed by atoms with Gasteiger partial charge in [0.25, 0.3) is 0 Å². The molecule has 0 fully saturated rings. The highest BCUT2D eigenvalue weighted by atomic mass is 16.5.